The van der Waals surface area contributed by atoms with E-state index in [4.69, 9.17) is 9.52 Å². The Balaban J connectivity index is 2.40. The summed E-state index contributed by atoms with van der Waals surface area (Å²) in [5.74, 6) is -0.422. The minimum atomic E-state index is -0.992. The first-order chi connectivity index (χ1) is 7.63. The van der Waals surface area contributed by atoms with Crippen LogP contribution in [0.2, 0.25) is 0 Å². The molecule has 0 fully saturated rings. The van der Waals surface area contributed by atoms with Crippen LogP contribution >= 0.6 is 0 Å². The van der Waals surface area contributed by atoms with Gasteiger partial charge >= 0.3 is 5.97 Å². The van der Waals surface area contributed by atoms with Crippen molar-refractivity contribution in [3.63, 3.8) is 0 Å². The van der Waals surface area contributed by atoms with Crippen LogP contribution < -0.4 is 0 Å². The molecule has 5 heteroatoms. The maximum absolute atomic E-state index is 11.6. The molecule has 1 N–H and O–H groups in total. The van der Waals surface area contributed by atoms with Gasteiger partial charge in [0.25, 0.3) is 0 Å². The Labute approximate surface area is 93.7 Å². The molecular weight excluding hydrogens is 210 g/mol. The van der Waals surface area contributed by atoms with Crippen LogP contribution in [0, 0.1) is 0 Å². The van der Waals surface area contributed by atoms with Crippen molar-refractivity contribution in [3.05, 3.63) is 24.2 Å². The number of aryl methyl sites for hydroxylation is 1. The van der Waals surface area contributed by atoms with E-state index in [-0.39, 0.29) is 18.9 Å². The lowest BCUT2D eigenvalue weighted by atomic mass is 10.2. The largest absolute Gasteiger partial charge is 0.480 e. The molecule has 0 aliphatic heterocycles. The first-order valence-electron chi connectivity index (χ1n) is 5.15. The number of nitrogens with zero attached hydrogens (tertiary/aromatic N) is 1. The van der Waals surface area contributed by atoms with Crippen molar-refractivity contribution in [2.75, 3.05) is 13.1 Å². The van der Waals surface area contributed by atoms with E-state index in [0.717, 1.165) is 5.76 Å². The van der Waals surface area contributed by atoms with Crippen LogP contribution in [0.3, 0.4) is 0 Å². The topological polar surface area (TPSA) is 70.8 Å². The van der Waals surface area contributed by atoms with Crippen molar-refractivity contribution in [2.45, 2.75) is 19.8 Å². The second-order valence-corrected chi connectivity index (χ2v) is 3.38. The molecule has 1 aromatic rings. The van der Waals surface area contributed by atoms with Gasteiger partial charge < -0.3 is 14.4 Å². The number of likely N-dealkylation sites (N-methyl/N-ethyl adjacent to an activating group) is 1. The number of carboxylic acids is 1. The van der Waals surface area contributed by atoms with Gasteiger partial charge in [-0.05, 0) is 19.1 Å². The van der Waals surface area contributed by atoms with Gasteiger partial charge in [0, 0.05) is 19.4 Å². The number of rotatable bonds is 6. The van der Waals surface area contributed by atoms with E-state index < -0.39 is 5.97 Å². The van der Waals surface area contributed by atoms with E-state index in [1.807, 2.05) is 0 Å². The number of carbonyl (C=O) groups excluding carboxylic acids is 1. The van der Waals surface area contributed by atoms with Crippen molar-refractivity contribution in [3.8, 4) is 0 Å². The number of hydrogen-bond acceptors (Lipinski definition) is 3. The van der Waals surface area contributed by atoms with Crippen molar-refractivity contribution in [1.82, 2.24) is 4.90 Å². The summed E-state index contributed by atoms with van der Waals surface area (Å²) in [6.07, 6.45) is 2.32. The Kier molecular flexibility index (Phi) is 4.57. The van der Waals surface area contributed by atoms with Crippen LogP contribution in [-0.4, -0.2) is 35.0 Å². The van der Waals surface area contributed by atoms with E-state index >= 15 is 0 Å². The molecule has 0 aliphatic carbocycles. The summed E-state index contributed by atoms with van der Waals surface area (Å²) in [5, 5.41) is 8.60. The van der Waals surface area contributed by atoms with Gasteiger partial charge in [0.1, 0.15) is 12.3 Å². The fourth-order valence-electron chi connectivity index (χ4n) is 1.38. The van der Waals surface area contributed by atoms with Gasteiger partial charge in [-0.2, -0.15) is 0 Å². The van der Waals surface area contributed by atoms with E-state index in [2.05, 4.69) is 0 Å². The molecule has 0 unspecified atom stereocenters. The highest BCUT2D eigenvalue weighted by molar-refractivity contribution is 5.81. The number of furan rings is 1. The van der Waals surface area contributed by atoms with Gasteiger partial charge in [0.05, 0.1) is 6.26 Å². The van der Waals surface area contributed by atoms with E-state index in [0.29, 0.717) is 13.0 Å². The number of carboxylic acid groups (broad SMARTS) is 1. The van der Waals surface area contributed by atoms with Gasteiger partial charge in [0.2, 0.25) is 5.91 Å². The molecule has 1 rings (SSSR count). The van der Waals surface area contributed by atoms with E-state index in [9.17, 15) is 9.59 Å². The molecule has 1 heterocycles. The molecule has 0 spiro atoms. The van der Waals surface area contributed by atoms with Gasteiger partial charge in [-0.25, -0.2) is 0 Å². The zero-order valence-corrected chi connectivity index (χ0v) is 9.18. The Morgan fingerprint density at radius 3 is 2.75 bits per heavy atom. The number of hydrogen-bond donors (Lipinski definition) is 1. The molecule has 0 atom stereocenters. The Hall–Kier alpha value is -1.78. The maximum Gasteiger partial charge on any atom is 0.323 e. The highest BCUT2D eigenvalue weighted by atomic mass is 16.4. The fourth-order valence-corrected chi connectivity index (χ4v) is 1.38. The average molecular weight is 225 g/mol. The van der Waals surface area contributed by atoms with E-state index in [1.165, 1.54) is 4.90 Å². The Morgan fingerprint density at radius 1 is 1.50 bits per heavy atom. The molecule has 1 aromatic heterocycles. The van der Waals surface area contributed by atoms with Gasteiger partial charge in [0.15, 0.2) is 0 Å². The minimum absolute atomic E-state index is 0.165. The van der Waals surface area contributed by atoms with Crippen LogP contribution in [0.5, 0.6) is 0 Å². The molecule has 1 amide bonds. The molecule has 0 saturated carbocycles. The third kappa shape index (κ3) is 3.76. The van der Waals surface area contributed by atoms with Gasteiger partial charge in [-0.15, -0.1) is 0 Å². The maximum atomic E-state index is 11.6. The van der Waals surface area contributed by atoms with Crippen molar-refractivity contribution in [2.24, 2.45) is 0 Å². The zero-order chi connectivity index (χ0) is 12.0. The fraction of sp³-hybridized carbons (Fsp3) is 0.455. The Bertz CT molecular complexity index is 345. The number of carbonyl (C=O) groups is 2. The summed E-state index contributed by atoms with van der Waals surface area (Å²) in [6, 6.07) is 3.55. The van der Waals surface area contributed by atoms with Crippen LogP contribution in [0.1, 0.15) is 19.1 Å². The van der Waals surface area contributed by atoms with Crippen molar-refractivity contribution < 1.29 is 19.1 Å². The molecule has 16 heavy (non-hydrogen) atoms. The van der Waals surface area contributed by atoms with Crippen LogP contribution in [-0.2, 0) is 16.0 Å². The average Bonchev–Trinajstić information content (AvgIpc) is 2.75. The summed E-state index contributed by atoms with van der Waals surface area (Å²) in [4.78, 5) is 23.4. The quantitative estimate of drug-likeness (QED) is 0.788. The molecule has 0 aromatic carbocycles. The molecule has 5 nitrogen and oxygen atoms in total. The third-order valence-corrected chi connectivity index (χ3v) is 2.23. The molecule has 0 aliphatic rings. The molecule has 0 saturated heterocycles. The molecule has 88 valence electrons. The second kappa shape index (κ2) is 5.95. The number of aliphatic carboxylic acids is 1. The van der Waals surface area contributed by atoms with Crippen LogP contribution in [0.4, 0.5) is 0 Å². The van der Waals surface area contributed by atoms with Gasteiger partial charge in [-0.3, -0.25) is 9.59 Å². The van der Waals surface area contributed by atoms with Crippen molar-refractivity contribution >= 4 is 11.9 Å². The van der Waals surface area contributed by atoms with Crippen LogP contribution in [0.25, 0.3) is 0 Å². The summed E-state index contributed by atoms with van der Waals surface area (Å²) >= 11 is 0. The lowest BCUT2D eigenvalue weighted by molar-refractivity contribution is -0.144. The predicted octanol–water partition coefficient (Wildman–Crippen LogP) is 1.15. The smallest absolute Gasteiger partial charge is 0.323 e. The summed E-state index contributed by atoms with van der Waals surface area (Å²) in [7, 11) is 0. The third-order valence-electron chi connectivity index (χ3n) is 2.23. The summed E-state index contributed by atoms with van der Waals surface area (Å²) in [6.45, 7) is 1.92. The monoisotopic (exact) mass is 225 g/mol. The van der Waals surface area contributed by atoms with Crippen LogP contribution in [0.15, 0.2) is 22.8 Å². The SMILES string of the molecule is CCN(CC(=O)O)C(=O)CCc1ccco1. The van der Waals surface area contributed by atoms with Gasteiger partial charge in [-0.1, -0.05) is 0 Å². The lowest BCUT2D eigenvalue weighted by Gasteiger charge is -2.17. The normalized spacial score (nSPS) is 10.1. The minimum Gasteiger partial charge on any atom is -0.480 e. The first-order valence-corrected chi connectivity index (χ1v) is 5.15. The highest BCUT2D eigenvalue weighted by Gasteiger charge is 2.14. The molecule has 0 bridgehead atoms. The molecular formula is C11H15NO4. The predicted molar refractivity (Wildman–Crippen MR) is 56.9 cm³/mol. The Morgan fingerprint density at radius 2 is 2.25 bits per heavy atom. The first kappa shape index (κ1) is 12.3. The summed E-state index contributed by atoms with van der Waals surface area (Å²) < 4.78 is 5.09. The zero-order valence-electron chi connectivity index (χ0n) is 9.18. The lowest BCUT2D eigenvalue weighted by Crippen LogP contribution is -2.35. The highest BCUT2D eigenvalue weighted by Crippen LogP contribution is 2.05. The second-order valence-electron chi connectivity index (χ2n) is 3.38. The standard InChI is InChI=1S/C11H15NO4/c1-2-12(8-11(14)15)10(13)6-5-9-4-3-7-16-9/h3-4,7H,2,5-6,8H2,1H3,(H,14,15). The summed E-state index contributed by atoms with van der Waals surface area (Å²) in [5.41, 5.74) is 0. The van der Waals surface area contributed by atoms with E-state index in [1.54, 1.807) is 25.3 Å². The van der Waals surface area contributed by atoms with Crippen molar-refractivity contribution in [1.29, 1.82) is 0 Å². The number of amides is 1. The molecule has 0 radical (unpaired) electrons.